The van der Waals surface area contributed by atoms with Crippen molar-refractivity contribution >= 4 is 5.96 Å². The lowest BCUT2D eigenvalue weighted by molar-refractivity contribution is 0.128. The van der Waals surface area contributed by atoms with Crippen molar-refractivity contribution in [1.82, 2.24) is 15.5 Å². The number of guanidine groups is 1. The van der Waals surface area contributed by atoms with E-state index in [1.807, 2.05) is 0 Å². The second-order valence-electron chi connectivity index (χ2n) is 6.22. The smallest absolute Gasteiger partial charge is 0.191 e. The standard InChI is InChI=1S/C18H40N4O/c1-6-19-18(21-13-16-23-15-11-17(4)5)20-12-9-10-14-22(7-2)8-3/h17H,6-16H2,1-5H3,(H2,19,20,21). The normalized spacial score (nSPS) is 12.2. The third kappa shape index (κ3) is 14.5. The van der Waals surface area contributed by atoms with Crippen molar-refractivity contribution in [1.29, 1.82) is 0 Å². The van der Waals surface area contributed by atoms with E-state index in [2.05, 4.69) is 55.1 Å². The maximum atomic E-state index is 5.62. The molecular formula is C18H40N4O. The van der Waals surface area contributed by atoms with Gasteiger partial charge in [0.15, 0.2) is 5.96 Å². The number of hydrogen-bond acceptors (Lipinski definition) is 3. The van der Waals surface area contributed by atoms with Gasteiger partial charge in [-0.25, -0.2) is 0 Å². The quantitative estimate of drug-likeness (QED) is 0.292. The van der Waals surface area contributed by atoms with Gasteiger partial charge >= 0.3 is 0 Å². The second-order valence-corrected chi connectivity index (χ2v) is 6.22. The van der Waals surface area contributed by atoms with E-state index in [4.69, 9.17) is 4.74 Å². The van der Waals surface area contributed by atoms with Crippen LogP contribution in [0.2, 0.25) is 0 Å². The van der Waals surface area contributed by atoms with Crippen molar-refractivity contribution < 1.29 is 4.74 Å². The van der Waals surface area contributed by atoms with Gasteiger partial charge in [-0.15, -0.1) is 0 Å². The van der Waals surface area contributed by atoms with Crippen LogP contribution in [0.1, 0.15) is 53.9 Å². The SMILES string of the molecule is CCNC(=NCCCCN(CC)CC)NCCOCCC(C)C. The van der Waals surface area contributed by atoms with Crippen LogP contribution in [0.5, 0.6) is 0 Å². The number of ether oxygens (including phenoxy) is 1. The molecule has 0 aromatic carbocycles. The predicted octanol–water partition coefficient (Wildman–Crippen LogP) is 2.73. The zero-order chi connectivity index (χ0) is 17.3. The van der Waals surface area contributed by atoms with Crippen LogP contribution in [0, 0.1) is 5.92 Å². The third-order valence-electron chi connectivity index (χ3n) is 3.77. The van der Waals surface area contributed by atoms with Crippen molar-refractivity contribution in [3.63, 3.8) is 0 Å². The van der Waals surface area contributed by atoms with Crippen LogP contribution in [0.25, 0.3) is 0 Å². The highest BCUT2D eigenvalue weighted by Gasteiger charge is 1.99. The molecule has 0 unspecified atom stereocenters. The number of nitrogens with one attached hydrogen (secondary N) is 2. The lowest BCUT2D eigenvalue weighted by atomic mass is 10.1. The largest absolute Gasteiger partial charge is 0.380 e. The molecule has 5 nitrogen and oxygen atoms in total. The fourth-order valence-corrected chi connectivity index (χ4v) is 2.18. The molecule has 0 rings (SSSR count). The summed E-state index contributed by atoms with van der Waals surface area (Å²) in [4.78, 5) is 7.09. The minimum absolute atomic E-state index is 0.707. The fourth-order valence-electron chi connectivity index (χ4n) is 2.18. The van der Waals surface area contributed by atoms with Crippen LogP contribution < -0.4 is 10.6 Å². The van der Waals surface area contributed by atoms with Gasteiger partial charge in [0.05, 0.1) is 6.61 Å². The molecule has 0 atom stereocenters. The highest BCUT2D eigenvalue weighted by Crippen LogP contribution is 1.98. The first kappa shape index (κ1) is 22.2. The molecule has 2 N–H and O–H groups in total. The molecule has 0 spiro atoms. The number of aliphatic imine (C=N–C) groups is 1. The summed E-state index contributed by atoms with van der Waals surface area (Å²) in [7, 11) is 0. The molecular weight excluding hydrogens is 288 g/mol. The first-order valence-electron chi connectivity index (χ1n) is 9.46. The molecule has 5 heteroatoms. The molecule has 0 heterocycles. The Kier molecular flexibility index (Phi) is 15.5. The average Bonchev–Trinajstić information content (AvgIpc) is 2.53. The van der Waals surface area contributed by atoms with Gasteiger partial charge in [-0.1, -0.05) is 27.7 Å². The minimum atomic E-state index is 0.707. The van der Waals surface area contributed by atoms with E-state index in [-0.39, 0.29) is 0 Å². The number of hydrogen-bond donors (Lipinski definition) is 2. The molecule has 0 radical (unpaired) electrons. The van der Waals surface area contributed by atoms with Crippen molar-refractivity contribution in [3.8, 4) is 0 Å². The van der Waals surface area contributed by atoms with E-state index in [1.54, 1.807) is 0 Å². The molecule has 0 aliphatic rings. The maximum Gasteiger partial charge on any atom is 0.191 e. The van der Waals surface area contributed by atoms with Crippen LogP contribution >= 0.6 is 0 Å². The first-order chi connectivity index (χ1) is 11.1. The number of nitrogens with zero attached hydrogens (tertiary/aromatic N) is 2. The predicted molar refractivity (Wildman–Crippen MR) is 101 cm³/mol. The summed E-state index contributed by atoms with van der Waals surface area (Å²) in [6, 6.07) is 0. The Balaban J connectivity index is 3.78. The molecule has 0 fully saturated rings. The summed E-state index contributed by atoms with van der Waals surface area (Å²) in [5.74, 6) is 1.61. The highest BCUT2D eigenvalue weighted by atomic mass is 16.5. The van der Waals surface area contributed by atoms with E-state index in [9.17, 15) is 0 Å². The van der Waals surface area contributed by atoms with E-state index >= 15 is 0 Å². The van der Waals surface area contributed by atoms with Crippen LogP contribution in [0.15, 0.2) is 4.99 Å². The van der Waals surface area contributed by atoms with Gasteiger partial charge in [-0.05, 0) is 51.7 Å². The van der Waals surface area contributed by atoms with Gasteiger partial charge in [0.1, 0.15) is 0 Å². The molecule has 0 amide bonds. The Morgan fingerprint density at radius 1 is 1.04 bits per heavy atom. The molecule has 0 aromatic heterocycles. The summed E-state index contributed by atoms with van der Waals surface area (Å²) < 4.78 is 5.62. The number of unbranched alkanes of at least 4 members (excludes halogenated alkanes) is 1. The van der Waals surface area contributed by atoms with Crippen LogP contribution in [0.3, 0.4) is 0 Å². The zero-order valence-electron chi connectivity index (χ0n) is 16.2. The van der Waals surface area contributed by atoms with Gasteiger partial charge in [-0.2, -0.15) is 0 Å². The van der Waals surface area contributed by atoms with Crippen molar-refractivity contribution in [2.75, 3.05) is 52.5 Å². The summed E-state index contributed by atoms with van der Waals surface area (Å²) in [5.41, 5.74) is 0. The number of rotatable bonds is 14. The Morgan fingerprint density at radius 3 is 2.39 bits per heavy atom. The van der Waals surface area contributed by atoms with Gasteiger partial charge in [0, 0.05) is 26.2 Å². The monoisotopic (exact) mass is 328 g/mol. The molecule has 0 saturated heterocycles. The van der Waals surface area contributed by atoms with E-state index in [0.717, 1.165) is 64.7 Å². The summed E-state index contributed by atoms with van der Waals surface area (Å²) in [5, 5.41) is 6.62. The van der Waals surface area contributed by atoms with Gasteiger partial charge in [0.25, 0.3) is 0 Å². The lowest BCUT2D eigenvalue weighted by Crippen LogP contribution is -2.39. The van der Waals surface area contributed by atoms with Crippen LogP contribution in [0.4, 0.5) is 0 Å². The summed E-state index contributed by atoms with van der Waals surface area (Å²) in [6.45, 7) is 18.6. The lowest BCUT2D eigenvalue weighted by Gasteiger charge is -2.17. The van der Waals surface area contributed by atoms with Gasteiger partial charge in [0.2, 0.25) is 0 Å². The second kappa shape index (κ2) is 16.1. The molecule has 23 heavy (non-hydrogen) atoms. The van der Waals surface area contributed by atoms with Crippen LogP contribution in [-0.4, -0.2) is 63.3 Å². The van der Waals surface area contributed by atoms with E-state index < -0.39 is 0 Å². The Bertz CT molecular complexity index is 278. The van der Waals surface area contributed by atoms with Gasteiger partial charge in [-0.3, -0.25) is 4.99 Å². The van der Waals surface area contributed by atoms with Crippen molar-refractivity contribution in [2.45, 2.75) is 53.9 Å². The summed E-state index contributed by atoms with van der Waals surface area (Å²) >= 11 is 0. The van der Waals surface area contributed by atoms with Crippen molar-refractivity contribution in [3.05, 3.63) is 0 Å². The van der Waals surface area contributed by atoms with Crippen molar-refractivity contribution in [2.24, 2.45) is 10.9 Å². The fraction of sp³-hybridized carbons (Fsp3) is 0.944. The van der Waals surface area contributed by atoms with Gasteiger partial charge < -0.3 is 20.3 Å². The topological polar surface area (TPSA) is 48.9 Å². The third-order valence-corrected chi connectivity index (χ3v) is 3.77. The maximum absolute atomic E-state index is 5.62. The van der Waals surface area contributed by atoms with E-state index in [1.165, 1.54) is 13.0 Å². The Morgan fingerprint density at radius 2 is 1.78 bits per heavy atom. The molecule has 0 bridgehead atoms. The molecule has 0 aliphatic carbocycles. The van der Waals surface area contributed by atoms with Crippen LogP contribution in [-0.2, 0) is 4.74 Å². The molecule has 138 valence electrons. The molecule has 0 aromatic rings. The Labute approximate surface area is 144 Å². The Hall–Kier alpha value is -0.810. The van der Waals surface area contributed by atoms with E-state index in [0.29, 0.717) is 5.92 Å². The summed E-state index contributed by atoms with van der Waals surface area (Å²) in [6.07, 6.45) is 3.47. The minimum Gasteiger partial charge on any atom is -0.380 e. The highest BCUT2D eigenvalue weighted by molar-refractivity contribution is 5.79. The first-order valence-corrected chi connectivity index (χ1v) is 9.46. The molecule has 0 aliphatic heterocycles. The average molecular weight is 329 g/mol. The molecule has 0 saturated carbocycles. The zero-order valence-corrected chi connectivity index (χ0v) is 16.2.